The van der Waals surface area contributed by atoms with Crippen LogP contribution in [0.1, 0.15) is 49.5 Å². The summed E-state index contributed by atoms with van der Waals surface area (Å²) in [5, 5.41) is 13.2. The van der Waals surface area contributed by atoms with Crippen molar-refractivity contribution in [3.63, 3.8) is 0 Å². The Morgan fingerprint density at radius 1 is 1.26 bits per heavy atom. The van der Waals surface area contributed by atoms with Crippen LogP contribution in [0.25, 0.3) is 0 Å². The highest BCUT2D eigenvalue weighted by Gasteiger charge is 2.27. The third-order valence-corrected chi connectivity index (χ3v) is 7.10. The lowest BCUT2D eigenvalue weighted by molar-refractivity contribution is -0.125. The van der Waals surface area contributed by atoms with Crippen molar-refractivity contribution >= 4 is 27.7 Å². The summed E-state index contributed by atoms with van der Waals surface area (Å²) in [6.45, 7) is 7.97. The zero-order valence-corrected chi connectivity index (χ0v) is 18.9. The first-order chi connectivity index (χ1) is 14.6. The maximum absolute atomic E-state index is 12.8. The summed E-state index contributed by atoms with van der Waals surface area (Å²) in [5.74, 6) is -0.107. The molecule has 2 atom stereocenters. The van der Waals surface area contributed by atoms with Crippen LogP contribution < -0.4 is 16.0 Å². The fourth-order valence-electron chi connectivity index (χ4n) is 3.48. The summed E-state index contributed by atoms with van der Waals surface area (Å²) in [6, 6.07) is 7.46. The highest BCUT2D eigenvalue weighted by Crippen LogP contribution is 2.20. The van der Waals surface area contributed by atoms with E-state index in [1.165, 1.54) is 33.3 Å². The van der Waals surface area contributed by atoms with E-state index in [1.807, 2.05) is 6.92 Å². The molecule has 0 aliphatic carbocycles. The third kappa shape index (κ3) is 4.94. The van der Waals surface area contributed by atoms with Crippen LogP contribution >= 0.6 is 0 Å². The van der Waals surface area contributed by atoms with E-state index in [9.17, 15) is 18.0 Å². The van der Waals surface area contributed by atoms with E-state index in [2.05, 4.69) is 21.0 Å². The summed E-state index contributed by atoms with van der Waals surface area (Å²) in [4.78, 5) is 24.8. The molecule has 0 saturated carbocycles. The molecule has 2 heterocycles. The number of aryl methyl sites for hydroxylation is 1. The minimum Gasteiger partial charge on any atom is -0.322 e. The van der Waals surface area contributed by atoms with Gasteiger partial charge < -0.3 is 10.6 Å². The lowest BCUT2D eigenvalue weighted by atomic mass is 10.2. The monoisotopic (exact) mass is 448 g/mol. The average Bonchev–Trinajstić information content (AvgIpc) is 3.08. The van der Waals surface area contributed by atoms with Gasteiger partial charge in [0.15, 0.2) is 6.29 Å². The molecule has 2 unspecified atom stereocenters. The molecule has 0 spiro atoms. The van der Waals surface area contributed by atoms with Gasteiger partial charge in [-0.25, -0.2) is 13.1 Å². The zero-order chi connectivity index (χ0) is 22.8. The van der Waals surface area contributed by atoms with Gasteiger partial charge in [0, 0.05) is 37.2 Å². The second-order valence-corrected chi connectivity index (χ2v) is 9.36. The Labute approximate surface area is 182 Å². The molecule has 3 N–H and O–H groups in total. The zero-order valence-electron chi connectivity index (χ0n) is 18.0. The number of rotatable bonds is 7. The number of anilines is 1. The molecule has 0 radical (unpaired) electrons. The van der Waals surface area contributed by atoms with Crippen LogP contribution in [0, 0.1) is 6.92 Å². The summed E-state index contributed by atoms with van der Waals surface area (Å²) < 4.78 is 28.1. The number of carbonyl (C=O) groups is 2. The molecular weight excluding hydrogens is 420 g/mol. The molecule has 11 heteroatoms. The van der Waals surface area contributed by atoms with Crippen molar-refractivity contribution in [3.8, 4) is 0 Å². The minimum atomic E-state index is -3.59. The van der Waals surface area contributed by atoms with Crippen molar-refractivity contribution in [2.75, 3.05) is 18.4 Å². The molecule has 0 bridgehead atoms. The number of hydrogen-bond acceptors (Lipinski definition) is 6. The summed E-state index contributed by atoms with van der Waals surface area (Å²) in [7, 11) is -3.59. The Hall–Kier alpha value is -2.76. The standard InChI is InChI=1S/C20H28N6O4S/c1-5-25(6-2)31(29,30)16-9-7-15(8-10-16)19(28)22-17-11-14(4)24-26(17)20-21-13(3)12-18(27)23-20/h7-11,13,20-21H,5-6,12H2,1-4H3,(H,22,28)(H,23,27). The van der Waals surface area contributed by atoms with E-state index >= 15 is 0 Å². The lowest BCUT2D eigenvalue weighted by Gasteiger charge is -2.30. The molecule has 2 aromatic rings. The van der Waals surface area contributed by atoms with Gasteiger partial charge in [-0.1, -0.05) is 13.8 Å². The molecule has 10 nitrogen and oxygen atoms in total. The second-order valence-electron chi connectivity index (χ2n) is 7.43. The number of amides is 2. The van der Waals surface area contributed by atoms with E-state index in [4.69, 9.17) is 0 Å². The third-order valence-electron chi connectivity index (χ3n) is 5.04. The normalized spacial score (nSPS) is 19.3. The smallest absolute Gasteiger partial charge is 0.256 e. The van der Waals surface area contributed by atoms with Gasteiger partial charge in [-0.3, -0.25) is 14.9 Å². The van der Waals surface area contributed by atoms with Gasteiger partial charge in [-0.2, -0.15) is 9.40 Å². The fourth-order valence-corrected chi connectivity index (χ4v) is 4.94. The summed E-state index contributed by atoms with van der Waals surface area (Å²) in [6.07, 6.45) is -0.219. The van der Waals surface area contributed by atoms with E-state index in [1.54, 1.807) is 26.8 Å². The van der Waals surface area contributed by atoms with Crippen LogP contribution in [0.4, 0.5) is 5.82 Å². The molecule has 1 fully saturated rings. The van der Waals surface area contributed by atoms with Crippen LogP contribution in [-0.2, 0) is 14.8 Å². The first kappa shape index (κ1) is 22.9. The number of benzene rings is 1. The molecular formula is C20H28N6O4S. The van der Waals surface area contributed by atoms with Gasteiger partial charge >= 0.3 is 0 Å². The van der Waals surface area contributed by atoms with E-state index in [0.29, 0.717) is 36.6 Å². The van der Waals surface area contributed by atoms with Gasteiger partial charge in [0.05, 0.1) is 10.6 Å². The molecule has 168 valence electrons. The predicted molar refractivity (Wildman–Crippen MR) is 116 cm³/mol. The maximum Gasteiger partial charge on any atom is 0.256 e. The van der Waals surface area contributed by atoms with E-state index in [-0.39, 0.29) is 16.8 Å². The van der Waals surface area contributed by atoms with Crippen LogP contribution in [0.3, 0.4) is 0 Å². The summed E-state index contributed by atoms with van der Waals surface area (Å²) >= 11 is 0. The lowest BCUT2D eigenvalue weighted by Crippen LogP contribution is -2.52. The average molecular weight is 449 g/mol. The Balaban J connectivity index is 1.79. The maximum atomic E-state index is 12.8. The number of aromatic nitrogens is 2. The van der Waals surface area contributed by atoms with Gasteiger partial charge in [-0.15, -0.1) is 0 Å². The van der Waals surface area contributed by atoms with E-state index in [0.717, 1.165) is 0 Å². The van der Waals surface area contributed by atoms with Gasteiger partial charge in [0.1, 0.15) is 5.82 Å². The SMILES string of the molecule is CCN(CC)S(=O)(=O)c1ccc(C(=O)Nc2cc(C)nn2C2NC(=O)CC(C)N2)cc1. The van der Waals surface area contributed by atoms with Crippen molar-refractivity contribution in [1.29, 1.82) is 0 Å². The first-order valence-corrected chi connectivity index (χ1v) is 11.6. The topological polar surface area (TPSA) is 125 Å². The number of nitrogens with zero attached hydrogens (tertiary/aromatic N) is 3. The molecule has 1 aromatic carbocycles. The van der Waals surface area contributed by atoms with Crippen molar-refractivity contribution in [2.24, 2.45) is 0 Å². The van der Waals surface area contributed by atoms with Crippen molar-refractivity contribution in [2.45, 2.75) is 51.3 Å². The Bertz CT molecular complexity index is 1060. The van der Waals surface area contributed by atoms with Crippen LogP contribution in [0.15, 0.2) is 35.2 Å². The van der Waals surface area contributed by atoms with Crippen molar-refractivity contribution in [3.05, 3.63) is 41.6 Å². The molecule has 2 amide bonds. The highest BCUT2D eigenvalue weighted by atomic mass is 32.2. The Kier molecular flexibility index (Phi) is 6.77. The van der Waals surface area contributed by atoms with Crippen LogP contribution in [0.2, 0.25) is 0 Å². The molecule has 1 saturated heterocycles. The molecule has 3 rings (SSSR count). The number of hydrogen-bond donors (Lipinski definition) is 3. The predicted octanol–water partition coefficient (Wildman–Crippen LogP) is 1.43. The number of nitrogens with one attached hydrogen (secondary N) is 3. The highest BCUT2D eigenvalue weighted by molar-refractivity contribution is 7.89. The molecule has 1 aliphatic rings. The fraction of sp³-hybridized carbons (Fsp3) is 0.450. The van der Waals surface area contributed by atoms with E-state index < -0.39 is 22.2 Å². The summed E-state index contributed by atoms with van der Waals surface area (Å²) in [5.41, 5.74) is 0.975. The van der Waals surface area contributed by atoms with Gasteiger partial charge in [-0.05, 0) is 38.1 Å². The second kappa shape index (κ2) is 9.16. The van der Waals surface area contributed by atoms with Crippen molar-refractivity contribution in [1.82, 2.24) is 24.7 Å². The van der Waals surface area contributed by atoms with Gasteiger partial charge in [0.25, 0.3) is 5.91 Å². The first-order valence-electron chi connectivity index (χ1n) is 10.2. The molecule has 1 aliphatic heterocycles. The quantitative estimate of drug-likeness (QED) is 0.588. The largest absolute Gasteiger partial charge is 0.322 e. The van der Waals surface area contributed by atoms with Crippen LogP contribution in [-0.4, -0.2) is 53.4 Å². The number of sulfonamides is 1. The van der Waals surface area contributed by atoms with Crippen LogP contribution in [0.5, 0.6) is 0 Å². The van der Waals surface area contributed by atoms with Crippen molar-refractivity contribution < 1.29 is 18.0 Å². The van der Waals surface area contributed by atoms with Gasteiger partial charge in [0.2, 0.25) is 15.9 Å². The Morgan fingerprint density at radius 3 is 2.48 bits per heavy atom. The Morgan fingerprint density at radius 2 is 1.90 bits per heavy atom. The molecule has 1 aromatic heterocycles. The molecule has 31 heavy (non-hydrogen) atoms. The number of carbonyl (C=O) groups excluding carboxylic acids is 2. The minimum absolute atomic E-state index is 0.0351.